The van der Waals surface area contributed by atoms with E-state index < -0.39 is 11.9 Å². The van der Waals surface area contributed by atoms with Gasteiger partial charge in [-0.1, -0.05) is 77.9 Å². The molecule has 0 heterocycles. The summed E-state index contributed by atoms with van der Waals surface area (Å²) < 4.78 is 0. The fourth-order valence-electron chi connectivity index (χ4n) is 5.19. The number of phenolic OH excluding ortho intramolecular Hbond substituents is 2. The maximum Gasteiger partial charge on any atom is 2.00 e. The molecular formula is C40H48CoN2O6. The Bertz CT molecular complexity index is 1630. The standard InChI is InChI=1S/C36H42N2O2.2C2H4O2.Co/c1-7-27-15-25(13-23(3)4)17-31(35(27)39)21-37-33-19-29-11-9-10-12-30(29)20-34(33)38-22-32-18-26(14-24(5)6)16-28(8-2)36(32)40;2*1-2(3)4;/h9-12,15-24,39-40H,7-8,13-14H2,1-6H3;2*1H3,(H,3,4);/q;;;+2/p-2. The van der Waals surface area contributed by atoms with Crippen LogP contribution >= 0.6 is 0 Å². The van der Waals surface area contributed by atoms with Crippen LogP contribution in [0.5, 0.6) is 11.5 Å². The molecule has 49 heavy (non-hydrogen) atoms. The van der Waals surface area contributed by atoms with Gasteiger partial charge in [-0.05, 0) is 109 Å². The fraction of sp³-hybridized carbons (Fsp3) is 0.350. The second kappa shape index (κ2) is 20.8. The van der Waals surface area contributed by atoms with E-state index in [-0.39, 0.29) is 28.3 Å². The van der Waals surface area contributed by atoms with Gasteiger partial charge in [0.05, 0.1) is 11.4 Å². The minimum absolute atomic E-state index is 0. The van der Waals surface area contributed by atoms with E-state index in [2.05, 4.69) is 65.8 Å². The van der Waals surface area contributed by atoms with Gasteiger partial charge in [0.2, 0.25) is 0 Å². The number of carboxylic acids is 2. The summed E-state index contributed by atoms with van der Waals surface area (Å²) in [4.78, 5) is 27.5. The van der Waals surface area contributed by atoms with E-state index in [0.717, 1.165) is 61.4 Å². The molecule has 4 rings (SSSR count). The Kier molecular flexibility index (Phi) is 18.1. The van der Waals surface area contributed by atoms with Gasteiger partial charge >= 0.3 is 16.8 Å². The van der Waals surface area contributed by atoms with E-state index in [1.807, 2.05) is 36.4 Å². The van der Waals surface area contributed by atoms with Gasteiger partial charge in [-0.2, -0.15) is 0 Å². The monoisotopic (exact) mass is 711 g/mol. The third-order valence-electron chi connectivity index (χ3n) is 7.13. The van der Waals surface area contributed by atoms with Crippen LogP contribution < -0.4 is 10.2 Å². The molecule has 0 amide bonds. The Hall–Kier alpha value is -4.47. The second-order valence-electron chi connectivity index (χ2n) is 12.5. The number of hydrogen-bond acceptors (Lipinski definition) is 8. The van der Waals surface area contributed by atoms with Gasteiger partial charge in [0.1, 0.15) is 11.5 Å². The first-order valence-corrected chi connectivity index (χ1v) is 16.3. The molecule has 0 aliphatic carbocycles. The number of nitrogens with zero attached hydrogens (tertiary/aromatic N) is 2. The van der Waals surface area contributed by atoms with E-state index >= 15 is 0 Å². The van der Waals surface area contributed by atoms with Crippen molar-refractivity contribution in [1.29, 1.82) is 0 Å². The summed E-state index contributed by atoms with van der Waals surface area (Å²) in [5.74, 6) is -0.569. The zero-order chi connectivity index (χ0) is 36.0. The van der Waals surface area contributed by atoms with Gasteiger partial charge in [0, 0.05) is 35.5 Å². The minimum atomic E-state index is -1.08. The summed E-state index contributed by atoms with van der Waals surface area (Å²) in [5, 5.41) is 41.8. The maximum atomic E-state index is 10.9. The van der Waals surface area contributed by atoms with Gasteiger partial charge < -0.3 is 30.0 Å². The van der Waals surface area contributed by atoms with Crippen LogP contribution in [-0.2, 0) is 52.1 Å². The Balaban J connectivity index is 0.00000120. The number of hydrogen-bond donors (Lipinski definition) is 2. The summed E-state index contributed by atoms with van der Waals surface area (Å²) in [6.45, 7) is 14.9. The van der Waals surface area contributed by atoms with E-state index in [4.69, 9.17) is 29.8 Å². The third-order valence-corrected chi connectivity index (χ3v) is 7.13. The molecule has 8 nitrogen and oxygen atoms in total. The number of aryl methyl sites for hydroxylation is 2. The topological polar surface area (TPSA) is 145 Å². The number of phenols is 2. The second-order valence-corrected chi connectivity index (χ2v) is 12.5. The first-order chi connectivity index (χ1) is 22.6. The van der Waals surface area contributed by atoms with E-state index in [9.17, 15) is 10.2 Å². The molecule has 4 aromatic rings. The van der Waals surface area contributed by atoms with Crippen molar-refractivity contribution in [2.75, 3.05) is 0 Å². The Labute approximate surface area is 300 Å². The molecule has 0 bridgehead atoms. The summed E-state index contributed by atoms with van der Waals surface area (Å²) in [6, 6.07) is 20.5. The molecule has 4 aromatic carbocycles. The van der Waals surface area contributed by atoms with Crippen molar-refractivity contribution < 1.29 is 46.8 Å². The fourth-order valence-corrected chi connectivity index (χ4v) is 5.19. The van der Waals surface area contributed by atoms with Gasteiger partial charge in [-0.25, -0.2) is 0 Å². The molecule has 0 unspecified atom stereocenters. The molecule has 0 atom stereocenters. The van der Waals surface area contributed by atoms with Crippen LogP contribution in [0.15, 0.2) is 70.6 Å². The predicted molar refractivity (Wildman–Crippen MR) is 192 cm³/mol. The molecule has 0 aliphatic rings. The minimum Gasteiger partial charge on any atom is -0.550 e. The van der Waals surface area contributed by atoms with Crippen molar-refractivity contribution in [3.05, 3.63) is 94.0 Å². The van der Waals surface area contributed by atoms with Crippen LogP contribution in [0.4, 0.5) is 11.4 Å². The summed E-state index contributed by atoms with van der Waals surface area (Å²) >= 11 is 0. The van der Waals surface area contributed by atoms with Crippen LogP contribution in [0.3, 0.4) is 0 Å². The number of aromatic hydroxyl groups is 2. The SMILES string of the molecule is CC(=O)[O-].CC(=O)[O-].CCc1cc(CC(C)C)cc(C=Nc2cc3ccccc3cc2N=Cc2cc(CC(C)C)cc(CC)c2O)c1O.[Co+2]. The van der Waals surface area contributed by atoms with Crippen molar-refractivity contribution in [3.8, 4) is 11.5 Å². The average Bonchev–Trinajstić information content (AvgIpc) is 2.99. The molecular weight excluding hydrogens is 663 g/mol. The maximum absolute atomic E-state index is 10.9. The van der Waals surface area contributed by atoms with Crippen LogP contribution in [0.2, 0.25) is 0 Å². The number of aliphatic imine (C=N–C) groups is 2. The molecule has 263 valence electrons. The summed E-state index contributed by atoms with van der Waals surface area (Å²) in [7, 11) is 0. The first kappa shape index (κ1) is 42.5. The normalized spacial score (nSPS) is 10.9. The summed E-state index contributed by atoms with van der Waals surface area (Å²) in [6.07, 6.45) is 6.89. The van der Waals surface area contributed by atoms with Gasteiger partial charge in [0.25, 0.3) is 0 Å². The van der Waals surface area contributed by atoms with Crippen molar-refractivity contribution in [2.24, 2.45) is 21.8 Å². The number of aliphatic carboxylic acids is 2. The molecule has 9 heteroatoms. The van der Waals surface area contributed by atoms with Crippen molar-refractivity contribution in [2.45, 2.75) is 81.1 Å². The zero-order valence-electron chi connectivity index (χ0n) is 29.7. The van der Waals surface area contributed by atoms with Crippen LogP contribution in [0.1, 0.15) is 88.8 Å². The van der Waals surface area contributed by atoms with Crippen LogP contribution in [0.25, 0.3) is 10.8 Å². The first-order valence-electron chi connectivity index (χ1n) is 16.3. The largest absolute Gasteiger partial charge is 2.00 e. The number of carbonyl (C=O) groups excluding carboxylic acids is 2. The average molecular weight is 712 g/mol. The zero-order valence-corrected chi connectivity index (χ0v) is 30.7. The van der Waals surface area contributed by atoms with Gasteiger partial charge in [-0.3, -0.25) is 9.98 Å². The third kappa shape index (κ3) is 14.3. The molecule has 2 N–H and O–H groups in total. The van der Waals surface area contributed by atoms with Crippen molar-refractivity contribution >= 4 is 46.5 Å². The molecule has 0 aliphatic heterocycles. The van der Waals surface area contributed by atoms with E-state index in [1.165, 1.54) is 11.1 Å². The molecule has 0 saturated heterocycles. The Morgan fingerprint density at radius 1 is 0.673 bits per heavy atom. The van der Waals surface area contributed by atoms with Crippen molar-refractivity contribution in [1.82, 2.24) is 0 Å². The quantitative estimate of drug-likeness (QED) is 0.174. The Morgan fingerprint density at radius 3 is 1.29 bits per heavy atom. The summed E-state index contributed by atoms with van der Waals surface area (Å²) in [5.41, 5.74) is 7.09. The molecule has 0 spiro atoms. The molecule has 0 aromatic heterocycles. The van der Waals surface area contributed by atoms with E-state index in [0.29, 0.717) is 34.3 Å². The molecule has 0 saturated carbocycles. The van der Waals surface area contributed by atoms with E-state index in [1.54, 1.807) is 12.4 Å². The number of carbonyl (C=O) groups is 2. The number of fused-ring (bicyclic) bond motifs is 1. The number of rotatable bonds is 10. The molecule has 0 fully saturated rings. The van der Waals surface area contributed by atoms with Crippen molar-refractivity contribution in [3.63, 3.8) is 0 Å². The van der Waals surface area contributed by atoms with Crippen LogP contribution in [0, 0.1) is 11.8 Å². The number of benzene rings is 4. The van der Waals surface area contributed by atoms with Crippen LogP contribution in [-0.4, -0.2) is 34.6 Å². The molecule has 1 radical (unpaired) electrons. The van der Waals surface area contributed by atoms with Gasteiger partial charge in [0.15, 0.2) is 0 Å². The predicted octanol–water partition coefficient (Wildman–Crippen LogP) is 6.78. The van der Waals surface area contributed by atoms with Gasteiger partial charge in [-0.15, -0.1) is 0 Å². The number of carboxylic acid groups (broad SMARTS) is 2. The smallest absolute Gasteiger partial charge is 0.550 e. The Morgan fingerprint density at radius 2 is 1.00 bits per heavy atom.